The third-order valence-electron chi connectivity index (χ3n) is 5.08. The van der Waals surface area contributed by atoms with E-state index in [2.05, 4.69) is 21.6 Å². The zero-order chi connectivity index (χ0) is 20.6. The lowest BCUT2D eigenvalue weighted by atomic mass is 10.0. The highest BCUT2D eigenvalue weighted by molar-refractivity contribution is 6.33. The van der Waals surface area contributed by atoms with Gasteiger partial charge in [0.15, 0.2) is 0 Å². The normalized spacial score (nSPS) is 15.0. The van der Waals surface area contributed by atoms with Crippen LogP contribution in [0, 0.1) is 0 Å². The molecule has 29 heavy (non-hydrogen) atoms. The third kappa shape index (κ3) is 5.71. The van der Waals surface area contributed by atoms with Crippen LogP contribution in [-0.4, -0.2) is 50.0 Å². The van der Waals surface area contributed by atoms with Gasteiger partial charge in [0.2, 0.25) is 5.91 Å². The van der Waals surface area contributed by atoms with Crippen LogP contribution < -0.4 is 15.4 Å². The smallest absolute Gasteiger partial charge is 0.253 e. The number of nitrogens with zero attached hydrogens (tertiary/aromatic N) is 1. The lowest BCUT2D eigenvalue weighted by Gasteiger charge is -2.28. The first kappa shape index (κ1) is 21.1. The monoisotopic (exact) mass is 415 g/mol. The van der Waals surface area contributed by atoms with Gasteiger partial charge in [0, 0.05) is 6.54 Å². The Hall–Kier alpha value is -2.57. The SMILES string of the molecule is COc1cccc(C(CNC(=O)CNC(=O)c2ccccc2Cl)N2CCCC2)c1. The zero-order valence-corrected chi connectivity index (χ0v) is 17.2. The fraction of sp³-hybridized carbons (Fsp3) is 0.364. The maximum absolute atomic E-state index is 12.3. The number of amides is 2. The first-order valence-corrected chi connectivity index (χ1v) is 10.1. The molecule has 0 bridgehead atoms. The Morgan fingerprint density at radius 3 is 2.59 bits per heavy atom. The number of halogens is 1. The van der Waals surface area contributed by atoms with E-state index in [1.165, 1.54) is 0 Å². The van der Waals surface area contributed by atoms with Gasteiger partial charge >= 0.3 is 0 Å². The van der Waals surface area contributed by atoms with Gasteiger partial charge < -0.3 is 15.4 Å². The maximum Gasteiger partial charge on any atom is 0.253 e. The molecule has 0 aromatic heterocycles. The topological polar surface area (TPSA) is 70.7 Å². The molecule has 0 aliphatic carbocycles. The van der Waals surface area contributed by atoms with E-state index in [4.69, 9.17) is 16.3 Å². The molecule has 2 aromatic carbocycles. The molecule has 3 rings (SSSR count). The number of rotatable bonds is 8. The van der Waals surface area contributed by atoms with Crippen molar-refractivity contribution in [3.05, 3.63) is 64.7 Å². The Labute approximate surface area is 176 Å². The van der Waals surface area contributed by atoms with Gasteiger partial charge in [-0.1, -0.05) is 35.9 Å². The van der Waals surface area contributed by atoms with Crippen LogP contribution in [0.4, 0.5) is 0 Å². The van der Waals surface area contributed by atoms with Crippen LogP contribution in [0.3, 0.4) is 0 Å². The maximum atomic E-state index is 12.3. The molecule has 2 aromatic rings. The van der Waals surface area contributed by atoms with Crippen molar-refractivity contribution in [2.75, 3.05) is 33.3 Å². The van der Waals surface area contributed by atoms with Gasteiger partial charge in [-0.25, -0.2) is 0 Å². The van der Waals surface area contributed by atoms with E-state index in [0.29, 0.717) is 17.1 Å². The summed E-state index contributed by atoms with van der Waals surface area (Å²) in [5, 5.41) is 5.93. The quantitative estimate of drug-likeness (QED) is 0.695. The predicted molar refractivity (Wildman–Crippen MR) is 113 cm³/mol. The second-order valence-corrected chi connectivity index (χ2v) is 7.41. The summed E-state index contributed by atoms with van der Waals surface area (Å²) in [6.07, 6.45) is 2.31. The minimum Gasteiger partial charge on any atom is -0.497 e. The minimum absolute atomic E-state index is 0.0656. The lowest BCUT2D eigenvalue weighted by Crippen LogP contribution is -2.41. The highest BCUT2D eigenvalue weighted by Gasteiger charge is 2.24. The van der Waals surface area contributed by atoms with Crippen molar-refractivity contribution < 1.29 is 14.3 Å². The molecule has 1 saturated heterocycles. The van der Waals surface area contributed by atoms with E-state index in [1.54, 1.807) is 31.4 Å². The molecule has 2 amide bonds. The lowest BCUT2D eigenvalue weighted by molar-refractivity contribution is -0.120. The van der Waals surface area contributed by atoms with Crippen molar-refractivity contribution in [1.29, 1.82) is 0 Å². The third-order valence-corrected chi connectivity index (χ3v) is 5.41. The molecular formula is C22H26ClN3O3. The summed E-state index contributed by atoms with van der Waals surface area (Å²) in [5.74, 6) is 0.192. The van der Waals surface area contributed by atoms with E-state index in [1.807, 2.05) is 18.2 Å². The van der Waals surface area contributed by atoms with Crippen molar-refractivity contribution in [3.63, 3.8) is 0 Å². The summed E-state index contributed by atoms with van der Waals surface area (Å²) >= 11 is 6.03. The molecule has 1 aliphatic heterocycles. The second-order valence-electron chi connectivity index (χ2n) is 7.00. The fourth-order valence-corrected chi connectivity index (χ4v) is 3.76. The van der Waals surface area contributed by atoms with E-state index >= 15 is 0 Å². The van der Waals surface area contributed by atoms with Gasteiger partial charge in [-0.15, -0.1) is 0 Å². The Balaban J connectivity index is 1.58. The van der Waals surface area contributed by atoms with E-state index < -0.39 is 0 Å². The summed E-state index contributed by atoms with van der Waals surface area (Å²) in [4.78, 5) is 26.9. The Kier molecular flexibility index (Phi) is 7.49. The number of hydrogen-bond donors (Lipinski definition) is 2. The summed E-state index contributed by atoms with van der Waals surface area (Å²) in [6.45, 7) is 2.37. The van der Waals surface area contributed by atoms with Gasteiger partial charge in [0.1, 0.15) is 5.75 Å². The molecule has 0 radical (unpaired) electrons. The number of nitrogens with one attached hydrogen (secondary N) is 2. The molecule has 1 fully saturated rings. The largest absolute Gasteiger partial charge is 0.497 e. The molecule has 7 heteroatoms. The molecule has 1 heterocycles. The zero-order valence-electron chi connectivity index (χ0n) is 16.5. The molecular weight excluding hydrogens is 390 g/mol. The predicted octanol–water partition coefficient (Wildman–Crippen LogP) is 3.03. The number of methoxy groups -OCH3 is 1. The average molecular weight is 416 g/mol. The average Bonchev–Trinajstić information content (AvgIpc) is 3.27. The van der Waals surface area contributed by atoms with Crippen LogP contribution in [0.2, 0.25) is 5.02 Å². The highest BCUT2D eigenvalue weighted by atomic mass is 35.5. The molecule has 154 valence electrons. The van der Waals surface area contributed by atoms with Crippen LogP contribution in [0.5, 0.6) is 5.75 Å². The van der Waals surface area contributed by atoms with Crippen molar-refractivity contribution in [3.8, 4) is 5.75 Å². The molecule has 0 spiro atoms. The van der Waals surface area contributed by atoms with Crippen LogP contribution >= 0.6 is 11.6 Å². The van der Waals surface area contributed by atoms with Crippen molar-refractivity contribution in [2.45, 2.75) is 18.9 Å². The highest BCUT2D eigenvalue weighted by Crippen LogP contribution is 2.27. The molecule has 1 unspecified atom stereocenters. The first-order chi connectivity index (χ1) is 14.1. The van der Waals surface area contributed by atoms with Gasteiger partial charge in [-0.3, -0.25) is 14.5 Å². The van der Waals surface area contributed by atoms with Gasteiger partial charge in [0.05, 0.1) is 30.3 Å². The van der Waals surface area contributed by atoms with Crippen LogP contribution in [0.25, 0.3) is 0 Å². The molecule has 6 nitrogen and oxygen atoms in total. The number of likely N-dealkylation sites (tertiary alicyclic amines) is 1. The van der Waals surface area contributed by atoms with Gasteiger partial charge in [0.25, 0.3) is 5.91 Å². The van der Waals surface area contributed by atoms with E-state index in [9.17, 15) is 9.59 Å². The van der Waals surface area contributed by atoms with Crippen molar-refractivity contribution in [1.82, 2.24) is 15.5 Å². The molecule has 1 aliphatic rings. The Morgan fingerprint density at radius 2 is 1.86 bits per heavy atom. The number of carbonyl (C=O) groups is 2. The van der Waals surface area contributed by atoms with Crippen LogP contribution in [-0.2, 0) is 4.79 Å². The summed E-state index contributed by atoms with van der Waals surface area (Å²) in [5.41, 5.74) is 1.46. The summed E-state index contributed by atoms with van der Waals surface area (Å²) < 4.78 is 5.35. The van der Waals surface area contributed by atoms with Crippen LogP contribution in [0.15, 0.2) is 48.5 Å². The number of carbonyl (C=O) groups excluding carboxylic acids is 2. The van der Waals surface area contributed by atoms with E-state index in [-0.39, 0.29) is 24.4 Å². The van der Waals surface area contributed by atoms with Crippen LogP contribution in [0.1, 0.15) is 34.8 Å². The van der Waals surface area contributed by atoms with Crippen molar-refractivity contribution in [2.24, 2.45) is 0 Å². The molecule has 0 saturated carbocycles. The number of ether oxygens (including phenoxy) is 1. The second kappa shape index (κ2) is 10.3. The standard InChI is InChI=1S/C22H26ClN3O3/c1-29-17-8-6-7-16(13-17)20(26-11-4-5-12-26)14-24-21(27)15-25-22(28)18-9-2-3-10-19(18)23/h2-3,6-10,13,20H,4-5,11-12,14-15H2,1H3,(H,24,27)(H,25,28). The first-order valence-electron chi connectivity index (χ1n) is 9.76. The number of benzene rings is 2. The minimum atomic E-state index is -0.366. The summed E-state index contributed by atoms with van der Waals surface area (Å²) in [6, 6.07) is 14.8. The van der Waals surface area contributed by atoms with E-state index in [0.717, 1.165) is 37.2 Å². The Bertz CT molecular complexity index is 853. The summed E-state index contributed by atoms with van der Waals surface area (Å²) in [7, 11) is 1.65. The molecule has 2 N–H and O–H groups in total. The molecule has 1 atom stereocenters. The van der Waals surface area contributed by atoms with Crippen molar-refractivity contribution >= 4 is 23.4 Å². The fourth-order valence-electron chi connectivity index (χ4n) is 3.53. The van der Waals surface area contributed by atoms with Gasteiger partial charge in [-0.2, -0.15) is 0 Å². The number of hydrogen-bond acceptors (Lipinski definition) is 4. The van der Waals surface area contributed by atoms with Gasteiger partial charge in [-0.05, 0) is 55.8 Å². The Morgan fingerprint density at radius 1 is 1.10 bits per heavy atom.